The van der Waals surface area contributed by atoms with Crippen LogP contribution in [0.4, 0.5) is 0 Å². The number of nitrogens with zero attached hydrogens (tertiary/aromatic N) is 3. The Bertz CT molecular complexity index is 1050. The number of rotatable bonds is 5. The van der Waals surface area contributed by atoms with Crippen molar-refractivity contribution < 1.29 is 14.1 Å². The van der Waals surface area contributed by atoms with Gasteiger partial charge >= 0.3 is 0 Å². The van der Waals surface area contributed by atoms with Gasteiger partial charge in [0.15, 0.2) is 11.5 Å². The molecule has 3 aromatic rings. The van der Waals surface area contributed by atoms with Crippen LogP contribution >= 0.6 is 11.6 Å². The quantitative estimate of drug-likeness (QED) is 0.583. The van der Waals surface area contributed by atoms with Gasteiger partial charge in [0.25, 0.3) is 5.91 Å². The topological polar surface area (TPSA) is 66.7 Å². The molecule has 1 aliphatic heterocycles. The number of hydrogen-bond donors (Lipinski definition) is 0. The van der Waals surface area contributed by atoms with Crippen molar-refractivity contribution in [3.8, 4) is 0 Å². The first-order valence-corrected chi connectivity index (χ1v) is 10.2. The fourth-order valence-corrected chi connectivity index (χ4v) is 3.74. The molecule has 154 valence electrons. The lowest BCUT2D eigenvalue weighted by molar-refractivity contribution is 0.0614. The summed E-state index contributed by atoms with van der Waals surface area (Å²) in [6.07, 6.45) is 0. The van der Waals surface area contributed by atoms with Crippen LogP contribution in [0.2, 0.25) is 5.02 Å². The number of aryl methyl sites for hydroxylation is 1. The number of aromatic nitrogens is 1. The van der Waals surface area contributed by atoms with Crippen molar-refractivity contribution in [3.05, 3.63) is 87.8 Å². The van der Waals surface area contributed by atoms with Crippen molar-refractivity contribution >= 4 is 23.3 Å². The third-order valence-corrected chi connectivity index (χ3v) is 5.48. The molecule has 0 aliphatic carbocycles. The summed E-state index contributed by atoms with van der Waals surface area (Å²) < 4.78 is 5.28. The lowest BCUT2D eigenvalue weighted by atomic mass is 9.97. The number of carbonyl (C=O) groups is 2. The predicted octanol–water partition coefficient (Wildman–Crippen LogP) is 3.83. The van der Waals surface area contributed by atoms with Crippen LogP contribution < -0.4 is 0 Å². The first-order chi connectivity index (χ1) is 14.5. The summed E-state index contributed by atoms with van der Waals surface area (Å²) >= 11 is 5.92. The Hall–Kier alpha value is -2.96. The molecule has 0 spiro atoms. The maximum atomic E-state index is 13.2. The molecule has 0 unspecified atom stereocenters. The highest BCUT2D eigenvalue weighted by atomic mass is 35.5. The van der Waals surface area contributed by atoms with Crippen LogP contribution in [0.3, 0.4) is 0 Å². The minimum Gasteiger partial charge on any atom is -0.360 e. The summed E-state index contributed by atoms with van der Waals surface area (Å²) in [7, 11) is 0. The van der Waals surface area contributed by atoms with Gasteiger partial charge in [-0.1, -0.05) is 35.0 Å². The molecule has 30 heavy (non-hydrogen) atoms. The largest absolute Gasteiger partial charge is 0.360 e. The highest BCUT2D eigenvalue weighted by Gasteiger charge is 2.26. The van der Waals surface area contributed by atoms with Gasteiger partial charge in [-0.2, -0.15) is 0 Å². The summed E-state index contributed by atoms with van der Waals surface area (Å²) in [5.41, 5.74) is 2.20. The van der Waals surface area contributed by atoms with Crippen LogP contribution in [-0.4, -0.2) is 52.8 Å². The number of piperazine rings is 1. The van der Waals surface area contributed by atoms with E-state index < -0.39 is 0 Å². The maximum absolute atomic E-state index is 13.2. The van der Waals surface area contributed by atoms with E-state index in [1.807, 2.05) is 13.0 Å². The Morgan fingerprint density at radius 1 is 1.00 bits per heavy atom. The number of ketones is 1. The average Bonchev–Trinajstić information content (AvgIpc) is 3.18. The van der Waals surface area contributed by atoms with Crippen LogP contribution in [-0.2, 0) is 6.54 Å². The Kier molecular flexibility index (Phi) is 5.97. The highest BCUT2D eigenvalue weighted by Crippen LogP contribution is 2.19. The molecule has 0 N–H and O–H groups in total. The van der Waals surface area contributed by atoms with E-state index in [9.17, 15) is 9.59 Å². The van der Waals surface area contributed by atoms with Crippen LogP contribution in [0.1, 0.15) is 37.7 Å². The zero-order valence-electron chi connectivity index (χ0n) is 16.7. The van der Waals surface area contributed by atoms with Gasteiger partial charge in [-0.3, -0.25) is 14.5 Å². The van der Waals surface area contributed by atoms with Crippen LogP contribution in [0.25, 0.3) is 0 Å². The second-order valence-corrected chi connectivity index (χ2v) is 7.82. The molecule has 0 radical (unpaired) electrons. The average molecular weight is 424 g/mol. The third kappa shape index (κ3) is 4.45. The fraction of sp³-hybridized carbons (Fsp3) is 0.261. The lowest BCUT2D eigenvalue weighted by Gasteiger charge is -2.34. The van der Waals surface area contributed by atoms with Crippen LogP contribution in [0.5, 0.6) is 0 Å². The van der Waals surface area contributed by atoms with Crippen molar-refractivity contribution in [1.29, 1.82) is 0 Å². The molecule has 6 nitrogen and oxygen atoms in total. The molecule has 0 saturated carbocycles. The summed E-state index contributed by atoms with van der Waals surface area (Å²) in [4.78, 5) is 30.2. The Balaban J connectivity index is 1.45. The summed E-state index contributed by atoms with van der Waals surface area (Å²) in [6.45, 7) is 5.23. The first-order valence-electron chi connectivity index (χ1n) is 9.84. The van der Waals surface area contributed by atoms with Crippen LogP contribution in [0.15, 0.2) is 59.1 Å². The summed E-state index contributed by atoms with van der Waals surface area (Å²) in [5.74, 6) is 0.518. The molecule has 1 saturated heterocycles. The number of carbonyl (C=O) groups excluding carboxylic acids is 2. The smallest absolute Gasteiger partial charge is 0.254 e. The predicted molar refractivity (Wildman–Crippen MR) is 114 cm³/mol. The van der Waals surface area contributed by atoms with E-state index in [0.717, 1.165) is 24.5 Å². The molecule has 2 heterocycles. The molecule has 7 heteroatoms. The third-order valence-electron chi connectivity index (χ3n) is 5.22. The zero-order valence-corrected chi connectivity index (χ0v) is 17.4. The van der Waals surface area contributed by atoms with Gasteiger partial charge in [-0.25, -0.2) is 0 Å². The van der Waals surface area contributed by atoms with E-state index in [1.54, 1.807) is 53.4 Å². The number of hydrogen-bond acceptors (Lipinski definition) is 5. The van der Waals surface area contributed by atoms with Crippen molar-refractivity contribution in [3.63, 3.8) is 0 Å². The van der Waals surface area contributed by atoms with Crippen molar-refractivity contribution in [2.45, 2.75) is 13.5 Å². The van der Waals surface area contributed by atoms with E-state index in [2.05, 4.69) is 10.1 Å². The minimum atomic E-state index is -0.185. The first kappa shape index (κ1) is 20.3. The Labute approximate surface area is 180 Å². The second-order valence-electron chi connectivity index (χ2n) is 7.38. The fourth-order valence-electron chi connectivity index (χ4n) is 3.62. The van der Waals surface area contributed by atoms with Crippen molar-refractivity contribution in [2.24, 2.45) is 0 Å². The zero-order chi connectivity index (χ0) is 21.1. The molecule has 1 aromatic heterocycles. The highest BCUT2D eigenvalue weighted by molar-refractivity contribution is 6.30. The van der Waals surface area contributed by atoms with Crippen molar-refractivity contribution in [2.75, 3.05) is 26.2 Å². The van der Waals surface area contributed by atoms with Gasteiger partial charge in [-0.05, 0) is 37.3 Å². The molecule has 4 rings (SSSR count). The Morgan fingerprint density at radius 3 is 2.30 bits per heavy atom. The standard InChI is InChI=1S/C23H22ClN3O3/c1-16-14-19(30-25-16)15-26-10-12-27(13-11-26)23(29)21-5-3-2-4-20(21)22(28)17-6-8-18(24)9-7-17/h2-9,14H,10-13,15H2,1H3. The summed E-state index contributed by atoms with van der Waals surface area (Å²) in [5, 5.41) is 4.48. The molecule has 1 amide bonds. The van der Waals surface area contributed by atoms with E-state index in [-0.39, 0.29) is 11.7 Å². The molecular weight excluding hydrogens is 402 g/mol. The van der Waals surface area contributed by atoms with Gasteiger partial charge in [0.2, 0.25) is 0 Å². The monoisotopic (exact) mass is 423 g/mol. The molecule has 0 atom stereocenters. The van der Waals surface area contributed by atoms with E-state index in [1.165, 1.54) is 0 Å². The molecule has 1 fully saturated rings. The van der Waals surface area contributed by atoms with Gasteiger partial charge < -0.3 is 9.42 Å². The van der Waals surface area contributed by atoms with Gasteiger partial charge in [0.1, 0.15) is 0 Å². The Morgan fingerprint density at radius 2 is 1.67 bits per heavy atom. The van der Waals surface area contributed by atoms with E-state index in [4.69, 9.17) is 16.1 Å². The summed E-state index contributed by atoms with van der Waals surface area (Å²) in [6, 6.07) is 15.6. The maximum Gasteiger partial charge on any atom is 0.254 e. The van der Waals surface area contributed by atoms with E-state index in [0.29, 0.717) is 41.3 Å². The van der Waals surface area contributed by atoms with Crippen molar-refractivity contribution in [1.82, 2.24) is 15.0 Å². The molecule has 0 bridgehead atoms. The number of halogens is 1. The van der Waals surface area contributed by atoms with Gasteiger partial charge in [0.05, 0.1) is 17.8 Å². The van der Waals surface area contributed by atoms with E-state index >= 15 is 0 Å². The second kappa shape index (κ2) is 8.81. The van der Waals surface area contributed by atoms with Gasteiger partial charge in [0, 0.05) is 48.4 Å². The molecule has 2 aromatic carbocycles. The molecule has 1 aliphatic rings. The van der Waals surface area contributed by atoms with Crippen LogP contribution in [0, 0.1) is 6.92 Å². The number of amides is 1. The lowest BCUT2D eigenvalue weighted by Crippen LogP contribution is -2.48. The minimum absolute atomic E-state index is 0.122. The number of benzene rings is 2. The molecular formula is C23H22ClN3O3. The normalized spacial score (nSPS) is 14.7. The SMILES string of the molecule is Cc1cc(CN2CCN(C(=O)c3ccccc3C(=O)c3ccc(Cl)cc3)CC2)on1. The van der Waals surface area contributed by atoms with Gasteiger partial charge in [-0.15, -0.1) is 0 Å².